The zero-order valence-electron chi connectivity index (χ0n) is 9.99. The summed E-state index contributed by atoms with van der Waals surface area (Å²) in [5.41, 5.74) is 5.20. The van der Waals surface area contributed by atoms with E-state index in [9.17, 15) is 17.2 Å². The lowest BCUT2D eigenvalue weighted by Gasteiger charge is -2.15. The smallest absolute Gasteiger partial charge is 0.273 e. The average Bonchev–Trinajstić information content (AvgIpc) is 2.26. The van der Waals surface area contributed by atoms with E-state index in [1.165, 1.54) is 25.1 Å². The molecule has 0 heterocycles. The monoisotopic (exact) mass is 334 g/mol. The van der Waals surface area contributed by atoms with Gasteiger partial charge in [-0.2, -0.15) is 0 Å². The Morgan fingerprint density at radius 2 is 2.00 bits per heavy atom. The second-order valence-corrected chi connectivity index (χ2v) is 5.97. The molecule has 0 bridgehead atoms. The van der Waals surface area contributed by atoms with E-state index in [1.807, 2.05) is 4.72 Å². The van der Waals surface area contributed by atoms with Crippen LogP contribution in [0.4, 0.5) is 8.78 Å². The van der Waals surface area contributed by atoms with Gasteiger partial charge in [0.25, 0.3) is 5.92 Å². The summed E-state index contributed by atoms with van der Waals surface area (Å²) in [5.74, 6) is -3.27. The van der Waals surface area contributed by atoms with E-state index in [2.05, 4.69) is 0 Å². The summed E-state index contributed by atoms with van der Waals surface area (Å²) in [6.45, 7) is -0.426. The fraction of sp³-hybridized carbons (Fsp3) is 0.400. The van der Waals surface area contributed by atoms with Gasteiger partial charge in [-0.15, -0.1) is 12.4 Å². The molecule has 4 nitrogen and oxygen atoms in total. The molecule has 19 heavy (non-hydrogen) atoms. The maximum Gasteiger partial charge on any atom is 0.273 e. The Morgan fingerprint density at radius 1 is 1.42 bits per heavy atom. The largest absolute Gasteiger partial charge is 0.325 e. The molecule has 1 aromatic carbocycles. The number of alkyl halides is 2. The van der Waals surface area contributed by atoms with Crippen LogP contribution in [0.25, 0.3) is 0 Å². The van der Waals surface area contributed by atoms with Crippen molar-refractivity contribution in [2.75, 3.05) is 13.1 Å². The number of halogens is 4. The van der Waals surface area contributed by atoms with Crippen LogP contribution >= 0.6 is 24.0 Å². The lowest BCUT2D eigenvalue weighted by Crippen LogP contribution is -2.41. The van der Waals surface area contributed by atoms with Gasteiger partial charge < -0.3 is 5.73 Å². The van der Waals surface area contributed by atoms with Crippen LogP contribution in [-0.4, -0.2) is 27.4 Å². The summed E-state index contributed by atoms with van der Waals surface area (Å²) in [6, 6.07) is 4.09. The molecule has 1 aromatic rings. The van der Waals surface area contributed by atoms with Gasteiger partial charge in [0, 0.05) is 5.02 Å². The number of benzene rings is 1. The lowest BCUT2D eigenvalue weighted by molar-refractivity contribution is 0.0170. The zero-order valence-corrected chi connectivity index (χ0v) is 12.4. The Kier molecular flexibility index (Phi) is 6.64. The molecule has 9 heteroatoms. The minimum atomic E-state index is -4.00. The number of aryl methyl sites for hydroxylation is 1. The summed E-state index contributed by atoms with van der Waals surface area (Å²) in [6.07, 6.45) is 0. The van der Waals surface area contributed by atoms with Crippen LogP contribution < -0.4 is 10.5 Å². The first-order valence-corrected chi connectivity index (χ1v) is 6.88. The van der Waals surface area contributed by atoms with Crippen molar-refractivity contribution in [3.05, 3.63) is 28.8 Å². The average molecular weight is 335 g/mol. The standard InChI is InChI=1S/C10H13ClF2N2O2S.ClH/c1-7-4-8(11)2-3-9(7)18(16,17)15-6-10(12,13)5-14;/h2-4,15H,5-6,14H2,1H3;1H. The summed E-state index contributed by atoms with van der Waals surface area (Å²) < 4.78 is 51.2. The molecule has 3 N–H and O–H groups in total. The summed E-state index contributed by atoms with van der Waals surface area (Å²) in [7, 11) is -4.00. The van der Waals surface area contributed by atoms with Crippen molar-refractivity contribution in [1.29, 1.82) is 0 Å². The number of rotatable bonds is 5. The number of sulfonamides is 1. The third-order valence-electron chi connectivity index (χ3n) is 2.25. The molecule has 0 aliphatic heterocycles. The van der Waals surface area contributed by atoms with E-state index in [-0.39, 0.29) is 17.3 Å². The SMILES string of the molecule is Cc1cc(Cl)ccc1S(=O)(=O)NCC(F)(F)CN.Cl. The van der Waals surface area contributed by atoms with Crippen LogP contribution in [0.3, 0.4) is 0 Å². The molecule has 0 aromatic heterocycles. The highest BCUT2D eigenvalue weighted by molar-refractivity contribution is 7.89. The van der Waals surface area contributed by atoms with E-state index in [0.29, 0.717) is 10.6 Å². The highest BCUT2D eigenvalue weighted by Gasteiger charge is 2.29. The van der Waals surface area contributed by atoms with Crippen LogP contribution in [0.5, 0.6) is 0 Å². The van der Waals surface area contributed by atoms with Gasteiger partial charge in [-0.3, -0.25) is 0 Å². The van der Waals surface area contributed by atoms with Gasteiger partial charge >= 0.3 is 0 Å². The van der Waals surface area contributed by atoms with E-state index >= 15 is 0 Å². The van der Waals surface area contributed by atoms with Gasteiger partial charge in [-0.25, -0.2) is 21.9 Å². The third kappa shape index (κ3) is 5.19. The summed E-state index contributed by atoms with van der Waals surface area (Å²) in [5, 5.41) is 0.374. The minimum absolute atomic E-state index is 0. The minimum Gasteiger partial charge on any atom is -0.325 e. The van der Waals surface area contributed by atoms with Crippen LogP contribution in [0.2, 0.25) is 5.02 Å². The van der Waals surface area contributed by atoms with E-state index in [1.54, 1.807) is 0 Å². The zero-order chi connectivity index (χ0) is 14.0. The van der Waals surface area contributed by atoms with Crippen molar-refractivity contribution in [2.45, 2.75) is 17.7 Å². The Labute approximate surface area is 121 Å². The first-order valence-electron chi connectivity index (χ1n) is 5.02. The van der Waals surface area contributed by atoms with Crippen molar-refractivity contribution < 1.29 is 17.2 Å². The highest BCUT2D eigenvalue weighted by Crippen LogP contribution is 2.20. The molecule has 0 aliphatic rings. The van der Waals surface area contributed by atoms with Crippen LogP contribution in [0.15, 0.2) is 23.1 Å². The number of nitrogens with one attached hydrogen (secondary N) is 1. The Balaban J connectivity index is 0.00000324. The van der Waals surface area contributed by atoms with Crippen molar-refractivity contribution in [1.82, 2.24) is 4.72 Å². The first kappa shape index (κ1) is 18.5. The maximum atomic E-state index is 12.9. The Morgan fingerprint density at radius 3 is 2.47 bits per heavy atom. The molecule has 110 valence electrons. The topological polar surface area (TPSA) is 72.2 Å². The maximum absolute atomic E-state index is 12.9. The third-order valence-corrected chi connectivity index (χ3v) is 4.04. The van der Waals surface area contributed by atoms with E-state index < -0.39 is 29.0 Å². The second-order valence-electron chi connectivity index (χ2n) is 3.79. The molecular weight excluding hydrogens is 321 g/mol. The molecule has 0 saturated carbocycles. The lowest BCUT2D eigenvalue weighted by atomic mass is 10.2. The van der Waals surface area contributed by atoms with Crippen molar-refractivity contribution >= 4 is 34.0 Å². The highest BCUT2D eigenvalue weighted by atomic mass is 35.5. The second kappa shape index (κ2) is 6.81. The van der Waals surface area contributed by atoms with Crippen molar-refractivity contribution in [3.63, 3.8) is 0 Å². The molecule has 0 saturated heterocycles. The molecule has 0 amide bonds. The van der Waals surface area contributed by atoms with Gasteiger partial charge in [0.2, 0.25) is 10.0 Å². The molecule has 0 atom stereocenters. The van der Waals surface area contributed by atoms with Crippen LogP contribution in [-0.2, 0) is 10.0 Å². The van der Waals surface area contributed by atoms with Gasteiger partial charge in [-0.1, -0.05) is 11.6 Å². The number of hydrogen-bond acceptors (Lipinski definition) is 3. The molecule has 0 unspecified atom stereocenters. The molecule has 0 aliphatic carbocycles. The van der Waals surface area contributed by atoms with Crippen LogP contribution in [0.1, 0.15) is 5.56 Å². The van der Waals surface area contributed by atoms with E-state index in [4.69, 9.17) is 17.3 Å². The Bertz CT molecular complexity index is 538. The fourth-order valence-electron chi connectivity index (χ4n) is 1.26. The fourth-order valence-corrected chi connectivity index (χ4v) is 2.78. The van der Waals surface area contributed by atoms with Gasteiger partial charge in [0.05, 0.1) is 18.0 Å². The summed E-state index contributed by atoms with van der Waals surface area (Å²) >= 11 is 5.69. The summed E-state index contributed by atoms with van der Waals surface area (Å²) in [4.78, 5) is -0.0836. The van der Waals surface area contributed by atoms with Crippen molar-refractivity contribution in [3.8, 4) is 0 Å². The van der Waals surface area contributed by atoms with Crippen molar-refractivity contribution in [2.24, 2.45) is 5.73 Å². The first-order chi connectivity index (χ1) is 8.18. The van der Waals surface area contributed by atoms with Gasteiger partial charge in [0.15, 0.2) is 0 Å². The molecule has 0 radical (unpaired) electrons. The Hall–Kier alpha value is -0.470. The van der Waals surface area contributed by atoms with Gasteiger partial charge in [0.1, 0.15) is 0 Å². The van der Waals surface area contributed by atoms with Gasteiger partial charge in [-0.05, 0) is 30.7 Å². The van der Waals surface area contributed by atoms with E-state index in [0.717, 1.165) is 0 Å². The molecule has 0 spiro atoms. The predicted molar refractivity (Wildman–Crippen MR) is 72.6 cm³/mol. The quantitative estimate of drug-likeness (QED) is 0.864. The number of hydrogen-bond donors (Lipinski definition) is 2. The molecule has 0 fully saturated rings. The molecule has 1 rings (SSSR count). The van der Waals surface area contributed by atoms with Crippen LogP contribution in [0, 0.1) is 6.92 Å². The number of nitrogens with two attached hydrogens (primary N) is 1. The predicted octanol–water partition coefficient (Wildman–Crippen LogP) is 1.94. The molecular formula is C10H14Cl2F2N2O2S. The normalized spacial score (nSPS) is 12.1.